The summed E-state index contributed by atoms with van der Waals surface area (Å²) in [6, 6.07) is 62.8. The van der Waals surface area contributed by atoms with Crippen LogP contribution < -0.4 is 0 Å². The van der Waals surface area contributed by atoms with Crippen molar-refractivity contribution in [1.29, 1.82) is 0 Å². The number of para-hydroxylation sites is 2. The molecule has 1 aromatic heterocycles. The maximum atomic E-state index is 6.63. The van der Waals surface area contributed by atoms with Gasteiger partial charge in [0.2, 0.25) is 0 Å². The molecule has 0 fully saturated rings. The monoisotopic (exact) mass is 686 g/mol. The molecule has 12 rings (SSSR count). The van der Waals surface area contributed by atoms with Crippen molar-refractivity contribution in [3.63, 3.8) is 0 Å². The van der Waals surface area contributed by atoms with Crippen molar-refractivity contribution < 1.29 is 4.42 Å². The van der Waals surface area contributed by atoms with Gasteiger partial charge in [-0.05, 0) is 112 Å². The molecule has 0 saturated heterocycles. The maximum absolute atomic E-state index is 6.63. The van der Waals surface area contributed by atoms with Crippen LogP contribution in [0.2, 0.25) is 0 Å². The van der Waals surface area contributed by atoms with Gasteiger partial charge in [0.1, 0.15) is 11.2 Å². The molecule has 1 aliphatic carbocycles. The minimum Gasteiger partial charge on any atom is -0.455 e. The summed E-state index contributed by atoms with van der Waals surface area (Å²) in [7, 11) is 0. The third kappa shape index (κ3) is 3.88. The first-order chi connectivity index (χ1) is 26.6. The number of hydrogen-bond donors (Lipinski definition) is 0. The Balaban J connectivity index is 1.11. The van der Waals surface area contributed by atoms with Gasteiger partial charge in [-0.2, -0.15) is 0 Å². The van der Waals surface area contributed by atoms with E-state index in [0.29, 0.717) is 0 Å². The second-order valence-corrected chi connectivity index (χ2v) is 15.5. The summed E-state index contributed by atoms with van der Waals surface area (Å²) >= 11 is 0. The van der Waals surface area contributed by atoms with Crippen LogP contribution in [0.4, 0.5) is 0 Å². The maximum Gasteiger partial charge on any atom is 0.143 e. The Bertz CT molecular complexity index is 3350. The highest BCUT2D eigenvalue weighted by molar-refractivity contribution is 6.27. The first-order valence-electron chi connectivity index (χ1n) is 18.9. The summed E-state index contributed by atoms with van der Waals surface area (Å²) in [6.07, 6.45) is 0. The molecule has 0 radical (unpaired) electrons. The van der Waals surface area contributed by atoms with Crippen LogP contribution in [0.3, 0.4) is 0 Å². The normalized spacial score (nSPS) is 13.5. The quantitative estimate of drug-likeness (QED) is 0.130. The van der Waals surface area contributed by atoms with E-state index in [1.54, 1.807) is 0 Å². The van der Waals surface area contributed by atoms with Crippen LogP contribution in [0.5, 0.6) is 0 Å². The Morgan fingerprint density at radius 3 is 1.44 bits per heavy atom. The molecule has 252 valence electrons. The zero-order valence-electron chi connectivity index (χ0n) is 30.1. The van der Waals surface area contributed by atoms with Gasteiger partial charge in [-0.15, -0.1) is 0 Å². The van der Waals surface area contributed by atoms with Gasteiger partial charge in [-0.3, -0.25) is 0 Å². The van der Waals surface area contributed by atoms with Gasteiger partial charge in [-0.25, -0.2) is 0 Å². The molecule has 1 nitrogen and oxygen atoms in total. The fourth-order valence-electron chi connectivity index (χ4n) is 9.96. The first-order valence-corrected chi connectivity index (χ1v) is 18.9. The van der Waals surface area contributed by atoms with Crippen molar-refractivity contribution in [3.8, 4) is 33.4 Å². The molecule has 0 N–H and O–H groups in total. The highest BCUT2D eigenvalue weighted by Gasteiger charge is 2.36. The summed E-state index contributed by atoms with van der Waals surface area (Å²) in [6.45, 7) is 4.81. The molecule has 0 atom stereocenters. The van der Waals surface area contributed by atoms with Gasteiger partial charge in [0.15, 0.2) is 0 Å². The second-order valence-electron chi connectivity index (χ2n) is 15.5. The Morgan fingerprint density at radius 2 is 0.815 bits per heavy atom. The van der Waals surface area contributed by atoms with E-state index in [9.17, 15) is 0 Å². The molecule has 0 aliphatic heterocycles. The predicted molar refractivity (Wildman–Crippen MR) is 230 cm³/mol. The van der Waals surface area contributed by atoms with Gasteiger partial charge in [-0.1, -0.05) is 159 Å². The summed E-state index contributed by atoms with van der Waals surface area (Å²) in [5.74, 6) is 0. The van der Waals surface area contributed by atoms with E-state index in [2.05, 4.69) is 178 Å². The largest absolute Gasteiger partial charge is 0.455 e. The zero-order chi connectivity index (χ0) is 35.7. The fourth-order valence-corrected chi connectivity index (χ4v) is 9.96. The van der Waals surface area contributed by atoms with Crippen molar-refractivity contribution in [3.05, 3.63) is 181 Å². The number of benzene rings is 10. The van der Waals surface area contributed by atoms with Crippen molar-refractivity contribution >= 4 is 75.8 Å². The number of furan rings is 1. The smallest absolute Gasteiger partial charge is 0.143 e. The lowest BCUT2D eigenvalue weighted by Crippen LogP contribution is -2.15. The van der Waals surface area contributed by atoms with E-state index < -0.39 is 0 Å². The van der Waals surface area contributed by atoms with E-state index in [1.807, 2.05) is 6.07 Å². The van der Waals surface area contributed by atoms with Crippen molar-refractivity contribution in [2.45, 2.75) is 19.3 Å². The Morgan fingerprint density at radius 1 is 0.333 bits per heavy atom. The fraction of sp³-hybridized carbons (Fsp3) is 0.0566. The molecule has 0 bridgehead atoms. The highest BCUT2D eigenvalue weighted by atomic mass is 16.3. The third-order valence-electron chi connectivity index (χ3n) is 12.4. The topological polar surface area (TPSA) is 13.1 Å². The lowest BCUT2D eigenvalue weighted by Gasteiger charge is -2.23. The Kier molecular flexibility index (Phi) is 5.90. The molecule has 1 heterocycles. The number of hydrogen-bond acceptors (Lipinski definition) is 1. The molecule has 1 aliphatic rings. The summed E-state index contributed by atoms with van der Waals surface area (Å²) in [5, 5.41) is 15.2. The molecule has 0 amide bonds. The molecule has 0 saturated carbocycles. The van der Waals surface area contributed by atoms with E-state index in [1.165, 1.54) is 92.8 Å². The third-order valence-corrected chi connectivity index (χ3v) is 12.4. The van der Waals surface area contributed by atoms with Crippen LogP contribution in [0, 0.1) is 0 Å². The van der Waals surface area contributed by atoms with Gasteiger partial charge in [0.25, 0.3) is 0 Å². The molecule has 0 spiro atoms. The minimum absolute atomic E-state index is 0.176. The first kappa shape index (κ1) is 29.8. The molecule has 54 heavy (non-hydrogen) atoms. The molecular formula is C53H34O. The standard InChI is InChI=1S/C53H34O/c1-53(2)47-28-31(26-27-36(47)46-29-44-34-16-5-3-14-32(34)33-15-4-6-17-35(33)45(44)30-48(46)53)50-38-19-7-9-21-40(38)51(41-22-10-8-20-39(41)50)43-24-13-23-42-37-18-11-12-25-49(37)54-52(42)43/h3-30H,1-2H3. The van der Waals surface area contributed by atoms with Gasteiger partial charge in [0, 0.05) is 27.3 Å². The van der Waals surface area contributed by atoms with Crippen LogP contribution in [-0.4, -0.2) is 0 Å². The van der Waals surface area contributed by atoms with Gasteiger partial charge in [0.05, 0.1) is 0 Å². The van der Waals surface area contributed by atoms with E-state index in [-0.39, 0.29) is 5.41 Å². The molecule has 10 aromatic carbocycles. The average Bonchev–Trinajstić information content (AvgIpc) is 3.71. The van der Waals surface area contributed by atoms with E-state index in [4.69, 9.17) is 4.42 Å². The van der Waals surface area contributed by atoms with Crippen LogP contribution in [0.25, 0.3) is 109 Å². The van der Waals surface area contributed by atoms with Crippen LogP contribution >= 0.6 is 0 Å². The van der Waals surface area contributed by atoms with E-state index >= 15 is 0 Å². The number of fused-ring (bicyclic) bond motifs is 14. The highest BCUT2D eigenvalue weighted by Crippen LogP contribution is 2.53. The van der Waals surface area contributed by atoms with Crippen LogP contribution in [-0.2, 0) is 5.41 Å². The molecule has 1 heteroatoms. The molecule has 11 aromatic rings. The average molecular weight is 687 g/mol. The minimum atomic E-state index is -0.176. The second kappa shape index (κ2) is 10.7. The van der Waals surface area contributed by atoms with Crippen LogP contribution in [0.15, 0.2) is 174 Å². The Labute approximate surface area is 312 Å². The van der Waals surface area contributed by atoms with Crippen molar-refractivity contribution in [2.24, 2.45) is 0 Å². The SMILES string of the molecule is CC1(C)c2cc(-c3c4ccccc4c(-c4cccc5c4oc4ccccc45)c4ccccc34)ccc2-c2cc3c4ccccc4c4ccccc4c3cc21. The molecule has 0 unspecified atom stereocenters. The lowest BCUT2D eigenvalue weighted by molar-refractivity contribution is 0.661. The van der Waals surface area contributed by atoms with Gasteiger partial charge >= 0.3 is 0 Å². The van der Waals surface area contributed by atoms with Gasteiger partial charge < -0.3 is 4.42 Å². The zero-order valence-corrected chi connectivity index (χ0v) is 30.1. The number of rotatable bonds is 2. The van der Waals surface area contributed by atoms with Crippen molar-refractivity contribution in [1.82, 2.24) is 0 Å². The predicted octanol–water partition coefficient (Wildman–Crippen LogP) is 15.0. The van der Waals surface area contributed by atoms with E-state index in [0.717, 1.165) is 27.5 Å². The summed E-state index contributed by atoms with van der Waals surface area (Å²) in [5.41, 5.74) is 12.0. The van der Waals surface area contributed by atoms with Crippen molar-refractivity contribution in [2.75, 3.05) is 0 Å². The Hall–Kier alpha value is -6.70. The molecular weight excluding hydrogens is 653 g/mol. The summed E-state index contributed by atoms with van der Waals surface area (Å²) in [4.78, 5) is 0. The lowest BCUT2D eigenvalue weighted by atomic mass is 9.79. The van der Waals surface area contributed by atoms with Crippen LogP contribution in [0.1, 0.15) is 25.0 Å². The summed E-state index contributed by atoms with van der Waals surface area (Å²) < 4.78 is 6.63.